The largest absolute Gasteiger partial charge is 0.489 e. The second-order valence-corrected chi connectivity index (χ2v) is 9.83. The normalized spacial score (nSPS) is 12.6. The molecule has 35 heavy (non-hydrogen) atoms. The molecule has 4 N–H and O–H groups in total. The van der Waals surface area contributed by atoms with Gasteiger partial charge in [-0.1, -0.05) is 72.2 Å². The Balaban J connectivity index is 1.68. The van der Waals surface area contributed by atoms with Crippen molar-refractivity contribution in [2.45, 2.75) is 45.4 Å². The van der Waals surface area contributed by atoms with Crippen molar-refractivity contribution < 1.29 is 14.3 Å². The molecule has 6 nitrogen and oxygen atoms in total. The third kappa shape index (κ3) is 8.85. The molecule has 3 rings (SSSR count). The SMILES string of the molecule is CC(C)CC(N)C(=O)NC(Cc1ccc(OCc2ccccc2)cc1)C(=O)Nc1ccc(Br)cc1. The van der Waals surface area contributed by atoms with Gasteiger partial charge in [-0.3, -0.25) is 9.59 Å². The van der Waals surface area contributed by atoms with E-state index in [2.05, 4.69) is 26.6 Å². The third-order valence-corrected chi connectivity index (χ3v) is 5.95. The van der Waals surface area contributed by atoms with Crippen molar-refractivity contribution in [3.63, 3.8) is 0 Å². The van der Waals surface area contributed by atoms with Gasteiger partial charge in [0.25, 0.3) is 0 Å². The van der Waals surface area contributed by atoms with Crippen molar-refractivity contribution >= 4 is 33.4 Å². The van der Waals surface area contributed by atoms with Gasteiger partial charge in [0.1, 0.15) is 18.4 Å². The summed E-state index contributed by atoms with van der Waals surface area (Å²) in [5.74, 6) is 0.366. The van der Waals surface area contributed by atoms with Crippen molar-refractivity contribution in [1.82, 2.24) is 5.32 Å². The van der Waals surface area contributed by atoms with Crippen molar-refractivity contribution in [2.24, 2.45) is 11.7 Å². The van der Waals surface area contributed by atoms with Crippen LogP contribution in [0.4, 0.5) is 5.69 Å². The van der Waals surface area contributed by atoms with Gasteiger partial charge in [-0.25, -0.2) is 0 Å². The maximum atomic E-state index is 13.1. The first-order chi connectivity index (χ1) is 16.8. The minimum atomic E-state index is -0.777. The number of benzene rings is 3. The monoisotopic (exact) mass is 537 g/mol. The van der Waals surface area contributed by atoms with E-state index in [0.29, 0.717) is 25.1 Å². The van der Waals surface area contributed by atoms with E-state index < -0.39 is 12.1 Å². The smallest absolute Gasteiger partial charge is 0.247 e. The molecule has 0 bridgehead atoms. The molecule has 3 aromatic carbocycles. The van der Waals surface area contributed by atoms with Crippen molar-refractivity contribution in [2.75, 3.05) is 5.32 Å². The quantitative estimate of drug-likeness (QED) is 0.318. The Morgan fingerprint density at radius 2 is 1.54 bits per heavy atom. The molecule has 0 aromatic heterocycles. The number of halogens is 1. The van der Waals surface area contributed by atoms with Crippen LogP contribution in [0, 0.1) is 5.92 Å². The van der Waals surface area contributed by atoms with E-state index in [4.69, 9.17) is 10.5 Å². The molecular formula is C28H32BrN3O3. The summed E-state index contributed by atoms with van der Waals surface area (Å²) in [4.78, 5) is 25.8. The summed E-state index contributed by atoms with van der Waals surface area (Å²) in [7, 11) is 0. The van der Waals surface area contributed by atoms with E-state index in [9.17, 15) is 9.59 Å². The Bertz CT molecular complexity index is 1090. The highest BCUT2D eigenvalue weighted by Crippen LogP contribution is 2.17. The molecule has 0 spiro atoms. The van der Waals surface area contributed by atoms with Crippen LogP contribution in [0.25, 0.3) is 0 Å². The minimum absolute atomic E-state index is 0.272. The minimum Gasteiger partial charge on any atom is -0.489 e. The fourth-order valence-electron chi connectivity index (χ4n) is 3.56. The first kappa shape index (κ1) is 26.4. The highest BCUT2D eigenvalue weighted by atomic mass is 79.9. The molecule has 2 atom stereocenters. The average Bonchev–Trinajstić information content (AvgIpc) is 2.84. The van der Waals surface area contributed by atoms with Gasteiger partial charge >= 0.3 is 0 Å². The molecule has 184 valence electrons. The van der Waals surface area contributed by atoms with E-state index in [0.717, 1.165) is 21.3 Å². The van der Waals surface area contributed by atoms with Crippen LogP contribution in [0.5, 0.6) is 5.75 Å². The third-order valence-electron chi connectivity index (χ3n) is 5.42. The first-order valence-corrected chi connectivity index (χ1v) is 12.5. The van der Waals surface area contributed by atoms with Crippen LogP contribution in [0.1, 0.15) is 31.4 Å². The lowest BCUT2D eigenvalue weighted by molar-refractivity contribution is -0.127. The number of nitrogens with one attached hydrogen (secondary N) is 2. The molecular weight excluding hydrogens is 506 g/mol. The molecule has 0 fully saturated rings. The standard InChI is InChI=1S/C28H32BrN3O3/c1-19(2)16-25(30)27(33)32-26(28(34)31-23-12-10-22(29)11-13-23)17-20-8-14-24(15-9-20)35-18-21-6-4-3-5-7-21/h3-15,19,25-26H,16-18,30H2,1-2H3,(H,31,34)(H,32,33). The lowest BCUT2D eigenvalue weighted by Crippen LogP contribution is -2.51. The molecule has 2 unspecified atom stereocenters. The summed E-state index contributed by atoms with van der Waals surface area (Å²) in [5, 5.41) is 5.73. The number of hydrogen-bond donors (Lipinski definition) is 3. The summed E-state index contributed by atoms with van der Waals surface area (Å²) in [5.41, 5.74) is 8.69. The summed E-state index contributed by atoms with van der Waals surface area (Å²) in [6, 6.07) is 23.3. The maximum Gasteiger partial charge on any atom is 0.247 e. The molecule has 0 aliphatic rings. The van der Waals surface area contributed by atoms with E-state index in [1.807, 2.05) is 80.6 Å². The number of hydrogen-bond acceptors (Lipinski definition) is 4. The van der Waals surface area contributed by atoms with Gasteiger partial charge < -0.3 is 21.1 Å². The van der Waals surface area contributed by atoms with E-state index in [1.165, 1.54) is 0 Å². The molecule has 3 aromatic rings. The van der Waals surface area contributed by atoms with Crippen LogP contribution in [-0.2, 0) is 22.6 Å². The van der Waals surface area contributed by atoms with Crippen molar-refractivity contribution in [3.8, 4) is 5.75 Å². The number of ether oxygens (including phenoxy) is 1. The van der Waals surface area contributed by atoms with Gasteiger partial charge in [0.15, 0.2) is 0 Å². The van der Waals surface area contributed by atoms with Gasteiger partial charge in [0.2, 0.25) is 11.8 Å². The zero-order valence-electron chi connectivity index (χ0n) is 20.0. The Morgan fingerprint density at radius 1 is 0.886 bits per heavy atom. The van der Waals surface area contributed by atoms with Crippen LogP contribution in [0.2, 0.25) is 0 Å². The summed E-state index contributed by atoms with van der Waals surface area (Å²) < 4.78 is 6.76. The Labute approximate surface area is 215 Å². The summed E-state index contributed by atoms with van der Waals surface area (Å²) in [6.07, 6.45) is 0.863. The van der Waals surface area contributed by atoms with Crippen LogP contribution < -0.4 is 21.1 Å². The highest BCUT2D eigenvalue weighted by molar-refractivity contribution is 9.10. The van der Waals surface area contributed by atoms with E-state index >= 15 is 0 Å². The maximum absolute atomic E-state index is 13.1. The topological polar surface area (TPSA) is 93.5 Å². The number of anilines is 1. The highest BCUT2D eigenvalue weighted by Gasteiger charge is 2.25. The zero-order chi connectivity index (χ0) is 25.2. The summed E-state index contributed by atoms with van der Waals surface area (Å²) >= 11 is 3.39. The molecule has 0 heterocycles. The van der Waals surface area contributed by atoms with Crippen LogP contribution in [-0.4, -0.2) is 23.9 Å². The van der Waals surface area contributed by atoms with E-state index in [-0.39, 0.29) is 17.7 Å². The van der Waals surface area contributed by atoms with Crippen LogP contribution >= 0.6 is 15.9 Å². The Kier molecular flexibility index (Phi) is 9.87. The predicted molar refractivity (Wildman–Crippen MR) is 143 cm³/mol. The van der Waals surface area contributed by atoms with Gasteiger partial charge in [-0.15, -0.1) is 0 Å². The molecule has 0 aliphatic carbocycles. The fourth-order valence-corrected chi connectivity index (χ4v) is 3.83. The molecule has 0 radical (unpaired) electrons. The molecule has 0 saturated heterocycles. The van der Waals surface area contributed by atoms with Crippen molar-refractivity contribution in [3.05, 3.63) is 94.5 Å². The summed E-state index contributed by atoms with van der Waals surface area (Å²) in [6.45, 7) is 4.49. The number of nitrogens with two attached hydrogens (primary N) is 1. The molecule has 0 aliphatic heterocycles. The zero-order valence-corrected chi connectivity index (χ0v) is 21.6. The van der Waals surface area contributed by atoms with Gasteiger partial charge in [0, 0.05) is 16.6 Å². The van der Waals surface area contributed by atoms with Gasteiger partial charge in [-0.05, 0) is 59.9 Å². The van der Waals surface area contributed by atoms with E-state index in [1.54, 1.807) is 12.1 Å². The number of carbonyl (C=O) groups excluding carboxylic acids is 2. The lowest BCUT2D eigenvalue weighted by atomic mass is 10.0. The van der Waals surface area contributed by atoms with Crippen LogP contribution in [0.15, 0.2) is 83.3 Å². The molecule has 2 amide bonds. The Morgan fingerprint density at radius 3 is 2.17 bits per heavy atom. The van der Waals surface area contributed by atoms with Gasteiger partial charge in [-0.2, -0.15) is 0 Å². The second-order valence-electron chi connectivity index (χ2n) is 8.92. The Hall–Kier alpha value is -3.16. The second kappa shape index (κ2) is 13.1. The molecule has 0 saturated carbocycles. The number of carbonyl (C=O) groups is 2. The molecule has 7 heteroatoms. The van der Waals surface area contributed by atoms with Crippen molar-refractivity contribution in [1.29, 1.82) is 0 Å². The fraction of sp³-hybridized carbons (Fsp3) is 0.286. The van der Waals surface area contributed by atoms with Gasteiger partial charge in [0.05, 0.1) is 6.04 Å². The predicted octanol–water partition coefficient (Wildman–Crippen LogP) is 5.07. The number of rotatable bonds is 11. The number of amides is 2. The lowest BCUT2D eigenvalue weighted by Gasteiger charge is -2.22. The van der Waals surface area contributed by atoms with Crippen LogP contribution in [0.3, 0.4) is 0 Å². The first-order valence-electron chi connectivity index (χ1n) is 11.7. The average molecular weight is 538 g/mol.